The van der Waals surface area contributed by atoms with Crippen LogP contribution in [-0.2, 0) is 0 Å². The van der Waals surface area contributed by atoms with Gasteiger partial charge in [0.2, 0.25) is 11.8 Å². The van der Waals surface area contributed by atoms with E-state index in [1.54, 1.807) is 19.4 Å². The van der Waals surface area contributed by atoms with Gasteiger partial charge in [-0.2, -0.15) is 4.98 Å². The normalized spacial score (nSPS) is 10.2. The summed E-state index contributed by atoms with van der Waals surface area (Å²) in [5.41, 5.74) is 0. The van der Waals surface area contributed by atoms with Crippen LogP contribution in [0.1, 0.15) is 19.8 Å². The Balaban J connectivity index is 2.73. The first kappa shape index (κ1) is 13.2. The number of hydrogen-bond donors (Lipinski definition) is 0. The summed E-state index contributed by atoms with van der Waals surface area (Å²) in [6, 6.07) is 1.76. The quantitative estimate of drug-likeness (QED) is 0.722. The number of hydrogen-bond acceptors (Lipinski definition) is 4. The number of nitrogens with zero attached hydrogens (tertiary/aromatic N) is 3. The lowest BCUT2D eigenvalue weighted by Crippen LogP contribution is -2.28. The maximum absolute atomic E-state index is 5.10. The molecule has 0 saturated carbocycles. The van der Waals surface area contributed by atoms with E-state index in [1.165, 1.54) is 6.42 Å². The molecule has 1 rings (SSSR count). The molecule has 4 nitrogen and oxygen atoms in total. The van der Waals surface area contributed by atoms with Gasteiger partial charge < -0.3 is 9.64 Å². The van der Waals surface area contributed by atoms with Crippen LogP contribution < -0.4 is 9.64 Å². The molecule has 0 amide bonds. The van der Waals surface area contributed by atoms with Crippen molar-refractivity contribution in [3.63, 3.8) is 0 Å². The Labute approximate surface area is 105 Å². The minimum absolute atomic E-state index is 0.612. The van der Waals surface area contributed by atoms with Crippen molar-refractivity contribution in [1.82, 2.24) is 9.97 Å². The number of unbranched alkanes of at least 4 members (excludes halogenated alkanes) is 1. The molecule has 0 unspecified atom stereocenters. The van der Waals surface area contributed by atoms with E-state index in [1.807, 2.05) is 0 Å². The standard InChI is InChI=1S/C11H18BrN3O/c1-3-4-8-15(9-6-12)11-13-7-5-10(14-11)16-2/h5,7H,3-4,6,8-9H2,1-2H3. The van der Waals surface area contributed by atoms with E-state index in [0.717, 1.165) is 30.8 Å². The van der Waals surface area contributed by atoms with Gasteiger partial charge in [0.05, 0.1) is 7.11 Å². The highest BCUT2D eigenvalue weighted by atomic mass is 79.9. The summed E-state index contributed by atoms with van der Waals surface area (Å²) in [5, 5.41) is 0.914. The minimum Gasteiger partial charge on any atom is -0.481 e. The van der Waals surface area contributed by atoms with E-state index >= 15 is 0 Å². The van der Waals surface area contributed by atoms with E-state index in [-0.39, 0.29) is 0 Å². The summed E-state index contributed by atoms with van der Waals surface area (Å²) in [6.07, 6.45) is 4.05. The van der Waals surface area contributed by atoms with Gasteiger partial charge in [0.25, 0.3) is 0 Å². The third-order valence-corrected chi connectivity index (χ3v) is 2.60. The second kappa shape index (κ2) is 7.44. The second-order valence-electron chi connectivity index (χ2n) is 3.43. The van der Waals surface area contributed by atoms with Crippen molar-refractivity contribution in [3.8, 4) is 5.88 Å². The Morgan fingerprint density at radius 2 is 2.25 bits per heavy atom. The summed E-state index contributed by atoms with van der Waals surface area (Å²) in [7, 11) is 1.62. The summed E-state index contributed by atoms with van der Waals surface area (Å²) in [4.78, 5) is 10.8. The molecule has 0 aliphatic rings. The summed E-state index contributed by atoms with van der Waals surface area (Å²) < 4.78 is 5.10. The summed E-state index contributed by atoms with van der Waals surface area (Å²) >= 11 is 3.45. The highest BCUT2D eigenvalue weighted by molar-refractivity contribution is 9.09. The van der Waals surface area contributed by atoms with Crippen LogP contribution in [0.5, 0.6) is 5.88 Å². The van der Waals surface area contributed by atoms with Crippen molar-refractivity contribution >= 4 is 21.9 Å². The van der Waals surface area contributed by atoms with Crippen molar-refractivity contribution < 1.29 is 4.74 Å². The molecule has 0 fully saturated rings. The van der Waals surface area contributed by atoms with Gasteiger partial charge in [0, 0.05) is 30.7 Å². The Hall–Kier alpha value is -0.840. The van der Waals surface area contributed by atoms with Crippen molar-refractivity contribution in [2.45, 2.75) is 19.8 Å². The van der Waals surface area contributed by atoms with Gasteiger partial charge >= 0.3 is 0 Å². The first-order valence-electron chi connectivity index (χ1n) is 5.49. The molecular formula is C11H18BrN3O. The molecule has 5 heteroatoms. The van der Waals surface area contributed by atoms with Crippen molar-refractivity contribution in [2.75, 3.05) is 30.4 Å². The van der Waals surface area contributed by atoms with Crippen LogP contribution in [0, 0.1) is 0 Å². The van der Waals surface area contributed by atoms with Crippen LogP contribution in [0.2, 0.25) is 0 Å². The van der Waals surface area contributed by atoms with Gasteiger partial charge in [-0.15, -0.1) is 0 Å². The number of alkyl halides is 1. The molecule has 0 spiro atoms. The molecule has 0 saturated heterocycles. The predicted octanol–water partition coefficient (Wildman–Crippen LogP) is 2.49. The molecule has 16 heavy (non-hydrogen) atoms. The molecule has 0 aromatic carbocycles. The molecule has 1 aromatic rings. The Kier molecular flexibility index (Phi) is 6.15. The molecule has 1 heterocycles. The van der Waals surface area contributed by atoms with Gasteiger partial charge in [-0.1, -0.05) is 29.3 Å². The van der Waals surface area contributed by atoms with Gasteiger partial charge in [-0.3, -0.25) is 0 Å². The lowest BCUT2D eigenvalue weighted by molar-refractivity contribution is 0.396. The topological polar surface area (TPSA) is 38.2 Å². The molecule has 0 radical (unpaired) electrons. The van der Waals surface area contributed by atoms with Gasteiger partial charge in [0.15, 0.2) is 0 Å². The number of ether oxygens (including phenoxy) is 1. The molecule has 0 aliphatic heterocycles. The molecular weight excluding hydrogens is 270 g/mol. The smallest absolute Gasteiger partial charge is 0.228 e. The maximum Gasteiger partial charge on any atom is 0.228 e. The average Bonchev–Trinajstić information content (AvgIpc) is 2.34. The van der Waals surface area contributed by atoms with Crippen molar-refractivity contribution in [3.05, 3.63) is 12.3 Å². The maximum atomic E-state index is 5.10. The van der Waals surface area contributed by atoms with Gasteiger partial charge in [-0.05, 0) is 6.42 Å². The van der Waals surface area contributed by atoms with Crippen LogP contribution >= 0.6 is 15.9 Å². The third kappa shape index (κ3) is 3.96. The van der Waals surface area contributed by atoms with Crippen LogP contribution in [0.15, 0.2) is 12.3 Å². The fourth-order valence-corrected chi connectivity index (χ4v) is 1.79. The first-order chi connectivity index (χ1) is 7.81. The van der Waals surface area contributed by atoms with Crippen LogP contribution in [0.25, 0.3) is 0 Å². The fraction of sp³-hybridized carbons (Fsp3) is 0.636. The monoisotopic (exact) mass is 287 g/mol. The molecule has 0 aliphatic carbocycles. The zero-order valence-corrected chi connectivity index (χ0v) is 11.4. The lowest BCUT2D eigenvalue weighted by Gasteiger charge is -2.21. The van der Waals surface area contributed by atoms with Crippen LogP contribution in [0.3, 0.4) is 0 Å². The van der Waals surface area contributed by atoms with Gasteiger partial charge in [0.1, 0.15) is 0 Å². The van der Waals surface area contributed by atoms with E-state index in [4.69, 9.17) is 4.74 Å². The minimum atomic E-state index is 0.612. The first-order valence-corrected chi connectivity index (χ1v) is 6.62. The number of anilines is 1. The summed E-state index contributed by atoms with van der Waals surface area (Å²) in [6.45, 7) is 4.07. The van der Waals surface area contributed by atoms with Crippen molar-refractivity contribution in [1.29, 1.82) is 0 Å². The zero-order valence-electron chi connectivity index (χ0n) is 9.82. The number of aromatic nitrogens is 2. The average molecular weight is 288 g/mol. The largest absolute Gasteiger partial charge is 0.481 e. The Morgan fingerprint density at radius 3 is 2.88 bits per heavy atom. The number of halogens is 1. The molecule has 0 N–H and O–H groups in total. The lowest BCUT2D eigenvalue weighted by atomic mass is 10.3. The Morgan fingerprint density at radius 1 is 1.44 bits per heavy atom. The van der Waals surface area contributed by atoms with Gasteiger partial charge in [-0.25, -0.2) is 4.98 Å². The van der Waals surface area contributed by atoms with Crippen LogP contribution in [-0.4, -0.2) is 35.5 Å². The molecule has 90 valence electrons. The SMILES string of the molecule is CCCCN(CCBr)c1nccc(OC)n1. The van der Waals surface area contributed by atoms with E-state index in [0.29, 0.717) is 5.88 Å². The third-order valence-electron chi connectivity index (χ3n) is 2.25. The van der Waals surface area contributed by atoms with E-state index < -0.39 is 0 Å². The number of rotatable bonds is 7. The highest BCUT2D eigenvalue weighted by Crippen LogP contribution is 2.13. The fourth-order valence-electron chi connectivity index (χ4n) is 1.36. The molecule has 0 bridgehead atoms. The predicted molar refractivity (Wildman–Crippen MR) is 69.5 cm³/mol. The number of methoxy groups -OCH3 is 1. The Bertz CT molecular complexity index is 309. The molecule has 1 aromatic heterocycles. The summed E-state index contributed by atoms with van der Waals surface area (Å²) in [5.74, 6) is 1.35. The van der Waals surface area contributed by atoms with E-state index in [9.17, 15) is 0 Å². The van der Waals surface area contributed by atoms with E-state index in [2.05, 4.69) is 37.7 Å². The zero-order chi connectivity index (χ0) is 11.8. The van der Waals surface area contributed by atoms with Crippen molar-refractivity contribution in [2.24, 2.45) is 0 Å². The highest BCUT2D eigenvalue weighted by Gasteiger charge is 2.08. The van der Waals surface area contributed by atoms with Crippen LogP contribution in [0.4, 0.5) is 5.95 Å². The molecule has 0 atom stereocenters. The second-order valence-corrected chi connectivity index (χ2v) is 4.22.